The van der Waals surface area contributed by atoms with E-state index in [1.807, 2.05) is 25.1 Å². The van der Waals surface area contributed by atoms with Crippen LogP contribution in [-0.2, 0) is 10.0 Å². The van der Waals surface area contributed by atoms with Crippen molar-refractivity contribution in [3.05, 3.63) is 95.5 Å². The summed E-state index contributed by atoms with van der Waals surface area (Å²) in [5.41, 5.74) is 1.72. The van der Waals surface area contributed by atoms with Gasteiger partial charge in [0.05, 0.1) is 12.0 Å². The van der Waals surface area contributed by atoms with Crippen molar-refractivity contribution in [3.8, 4) is 5.75 Å². The Kier molecular flexibility index (Phi) is 6.14. The highest BCUT2D eigenvalue weighted by molar-refractivity contribution is 7.89. The van der Waals surface area contributed by atoms with Crippen LogP contribution in [0.4, 0.5) is 5.69 Å². The van der Waals surface area contributed by atoms with E-state index in [1.165, 1.54) is 19.2 Å². The molecule has 0 spiro atoms. The lowest BCUT2D eigenvalue weighted by Crippen LogP contribution is -2.27. The van der Waals surface area contributed by atoms with Crippen LogP contribution in [0.25, 0.3) is 11.0 Å². The van der Waals surface area contributed by atoms with E-state index in [2.05, 4.69) is 15.2 Å². The standard InChI is InChI=1S/C24H21N3O5S/c1-16-8-6-10-18(14-16)25-23(28)20-15-17-9-7-13-21(31-2)22(17)32-24(20)26-27-33(29,30)19-11-4-3-5-12-19/h3-15,27H,1-2H3,(H,25,28)/b26-24+. The average molecular weight is 464 g/mol. The van der Waals surface area contributed by atoms with Gasteiger partial charge < -0.3 is 14.5 Å². The second-order valence-electron chi connectivity index (χ2n) is 7.19. The molecule has 0 fully saturated rings. The molecule has 0 bridgehead atoms. The third-order valence-electron chi connectivity index (χ3n) is 4.80. The molecule has 9 heteroatoms. The number of hydrogen-bond acceptors (Lipinski definition) is 6. The maximum atomic E-state index is 13.1. The number of sulfonamides is 1. The Morgan fingerprint density at radius 3 is 2.45 bits per heavy atom. The molecule has 1 amide bonds. The van der Waals surface area contributed by atoms with E-state index in [9.17, 15) is 13.2 Å². The third-order valence-corrected chi connectivity index (χ3v) is 6.02. The molecule has 33 heavy (non-hydrogen) atoms. The summed E-state index contributed by atoms with van der Waals surface area (Å²) in [6.07, 6.45) is 0. The Morgan fingerprint density at radius 1 is 0.970 bits per heavy atom. The zero-order valence-corrected chi connectivity index (χ0v) is 18.7. The highest BCUT2D eigenvalue weighted by Gasteiger charge is 2.17. The molecule has 0 aliphatic heterocycles. The molecular weight excluding hydrogens is 442 g/mol. The highest BCUT2D eigenvalue weighted by atomic mass is 32.2. The summed E-state index contributed by atoms with van der Waals surface area (Å²) >= 11 is 0. The lowest BCUT2D eigenvalue weighted by atomic mass is 10.1. The Hall–Kier alpha value is -4.11. The molecule has 4 rings (SSSR count). The first-order valence-electron chi connectivity index (χ1n) is 9.97. The normalized spacial score (nSPS) is 11.9. The fraction of sp³-hybridized carbons (Fsp3) is 0.0833. The van der Waals surface area contributed by atoms with Gasteiger partial charge >= 0.3 is 0 Å². The van der Waals surface area contributed by atoms with Gasteiger partial charge in [-0.25, -0.2) is 0 Å². The van der Waals surface area contributed by atoms with E-state index < -0.39 is 15.9 Å². The van der Waals surface area contributed by atoms with E-state index in [0.717, 1.165) is 5.56 Å². The van der Waals surface area contributed by atoms with Gasteiger partial charge in [-0.3, -0.25) is 4.79 Å². The van der Waals surface area contributed by atoms with Crippen LogP contribution < -0.4 is 20.4 Å². The van der Waals surface area contributed by atoms with E-state index in [0.29, 0.717) is 22.4 Å². The lowest BCUT2D eigenvalue weighted by molar-refractivity contribution is 0.102. The van der Waals surface area contributed by atoms with Crippen LogP contribution >= 0.6 is 0 Å². The molecule has 168 valence electrons. The number of carbonyl (C=O) groups excluding carboxylic acids is 1. The summed E-state index contributed by atoms with van der Waals surface area (Å²) in [6, 6.07) is 21.8. The monoisotopic (exact) mass is 463 g/mol. The second-order valence-corrected chi connectivity index (χ2v) is 8.85. The van der Waals surface area contributed by atoms with Crippen LogP contribution in [-0.4, -0.2) is 21.4 Å². The van der Waals surface area contributed by atoms with Crippen molar-refractivity contribution in [2.45, 2.75) is 11.8 Å². The van der Waals surface area contributed by atoms with Gasteiger partial charge in [0.1, 0.15) is 5.56 Å². The van der Waals surface area contributed by atoms with E-state index >= 15 is 0 Å². The number of carbonyl (C=O) groups is 1. The minimum Gasteiger partial charge on any atom is -0.493 e. The number of aryl methyl sites for hydroxylation is 1. The number of nitrogens with zero attached hydrogens (tertiary/aromatic N) is 1. The van der Waals surface area contributed by atoms with Crippen LogP contribution in [0.3, 0.4) is 0 Å². The van der Waals surface area contributed by atoms with E-state index in [1.54, 1.807) is 48.5 Å². The Balaban J connectivity index is 1.82. The SMILES string of the molecule is COc1cccc2cc(C(=O)Nc3cccc(C)c3)/c(=N\NS(=O)(=O)c3ccccc3)oc12. The fourth-order valence-electron chi connectivity index (χ4n) is 3.21. The number of amides is 1. The maximum absolute atomic E-state index is 13.1. The quantitative estimate of drug-likeness (QED) is 0.423. The lowest BCUT2D eigenvalue weighted by Gasteiger charge is -2.09. The molecule has 0 radical (unpaired) electrons. The topological polar surface area (TPSA) is 110 Å². The fourth-order valence-corrected chi connectivity index (χ4v) is 4.03. The van der Waals surface area contributed by atoms with Crippen molar-refractivity contribution in [2.24, 2.45) is 5.10 Å². The van der Waals surface area contributed by atoms with Gasteiger partial charge in [0.2, 0.25) is 5.55 Å². The van der Waals surface area contributed by atoms with E-state index in [4.69, 9.17) is 9.15 Å². The summed E-state index contributed by atoms with van der Waals surface area (Å²) < 4.78 is 36.4. The van der Waals surface area contributed by atoms with Crippen LogP contribution in [0, 0.1) is 6.92 Å². The summed E-state index contributed by atoms with van der Waals surface area (Å²) in [5.74, 6) is -0.0905. The molecule has 0 aliphatic carbocycles. The molecule has 2 N–H and O–H groups in total. The summed E-state index contributed by atoms with van der Waals surface area (Å²) in [4.78, 5) is 15.3. The Bertz CT molecular complexity index is 1500. The smallest absolute Gasteiger partial charge is 0.276 e. The predicted octanol–water partition coefficient (Wildman–Crippen LogP) is 3.80. The van der Waals surface area contributed by atoms with Crippen LogP contribution in [0.5, 0.6) is 5.75 Å². The van der Waals surface area contributed by atoms with Gasteiger partial charge in [-0.1, -0.05) is 42.5 Å². The number of nitrogens with one attached hydrogen (secondary N) is 2. The number of methoxy groups -OCH3 is 1. The first kappa shape index (κ1) is 22.1. The predicted molar refractivity (Wildman–Crippen MR) is 124 cm³/mol. The number of ether oxygens (including phenoxy) is 1. The number of benzene rings is 3. The van der Waals surface area contributed by atoms with Crippen molar-refractivity contribution < 1.29 is 22.4 Å². The Morgan fingerprint density at radius 2 is 1.73 bits per heavy atom. The second kappa shape index (κ2) is 9.17. The molecule has 8 nitrogen and oxygen atoms in total. The number of anilines is 1. The van der Waals surface area contributed by atoms with Gasteiger partial charge in [-0.15, -0.1) is 5.10 Å². The molecule has 1 heterocycles. The van der Waals surface area contributed by atoms with Crippen molar-refractivity contribution in [3.63, 3.8) is 0 Å². The molecule has 0 unspecified atom stereocenters. The molecule has 4 aromatic rings. The summed E-state index contributed by atoms with van der Waals surface area (Å²) in [6.45, 7) is 1.91. The number of para-hydroxylation sites is 1. The molecule has 1 aromatic heterocycles. The number of fused-ring (bicyclic) bond motifs is 1. The summed E-state index contributed by atoms with van der Waals surface area (Å²) in [7, 11) is -2.49. The first-order chi connectivity index (χ1) is 15.9. The molecule has 0 saturated carbocycles. The molecular formula is C24H21N3O5S. The van der Waals surface area contributed by atoms with E-state index in [-0.39, 0.29) is 16.0 Å². The molecule has 0 aliphatic rings. The van der Waals surface area contributed by atoms with Crippen molar-refractivity contribution >= 4 is 32.6 Å². The van der Waals surface area contributed by atoms with Gasteiger partial charge in [0.15, 0.2) is 11.3 Å². The number of hydrogen-bond donors (Lipinski definition) is 2. The van der Waals surface area contributed by atoms with Gasteiger partial charge in [-0.2, -0.15) is 13.2 Å². The molecule has 0 saturated heterocycles. The molecule has 3 aromatic carbocycles. The van der Waals surface area contributed by atoms with Crippen LogP contribution in [0.2, 0.25) is 0 Å². The van der Waals surface area contributed by atoms with Crippen molar-refractivity contribution in [1.82, 2.24) is 4.83 Å². The number of rotatable bonds is 6. The maximum Gasteiger partial charge on any atom is 0.276 e. The van der Waals surface area contributed by atoms with Gasteiger partial charge in [-0.05, 0) is 48.9 Å². The van der Waals surface area contributed by atoms with Crippen LogP contribution in [0.15, 0.2) is 93.3 Å². The van der Waals surface area contributed by atoms with Crippen molar-refractivity contribution in [2.75, 3.05) is 12.4 Å². The highest BCUT2D eigenvalue weighted by Crippen LogP contribution is 2.25. The minimum atomic E-state index is -3.97. The zero-order chi connectivity index (χ0) is 23.4. The van der Waals surface area contributed by atoms with Crippen LogP contribution in [0.1, 0.15) is 15.9 Å². The Labute approximate surface area is 190 Å². The third kappa shape index (κ3) is 4.88. The average Bonchev–Trinajstić information content (AvgIpc) is 2.82. The zero-order valence-electron chi connectivity index (χ0n) is 17.9. The molecule has 0 atom stereocenters. The van der Waals surface area contributed by atoms with Gasteiger partial charge in [0, 0.05) is 11.1 Å². The van der Waals surface area contributed by atoms with Crippen molar-refractivity contribution in [1.29, 1.82) is 0 Å². The first-order valence-corrected chi connectivity index (χ1v) is 11.5. The van der Waals surface area contributed by atoms with Gasteiger partial charge in [0.25, 0.3) is 15.9 Å². The largest absolute Gasteiger partial charge is 0.493 e. The summed E-state index contributed by atoms with van der Waals surface area (Å²) in [5, 5.41) is 7.32. The minimum absolute atomic E-state index is 0.0258.